The van der Waals surface area contributed by atoms with E-state index >= 15 is 0 Å². The second-order valence-electron chi connectivity index (χ2n) is 9.33. The van der Waals surface area contributed by atoms with E-state index in [1.54, 1.807) is 31.3 Å². The molecule has 1 aliphatic carbocycles. The zero-order chi connectivity index (χ0) is 25.2. The highest BCUT2D eigenvalue weighted by Crippen LogP contribution is 2.35. The second-order valence-corrected chi connectivity index (χ2v) is 9.33. The first-order valence-corrected chi connectivity index (χ1v) is 11.7. The molecule has 2 aromatic rings. The molecule has 0 radical (unpaired) electrons. The van der Waals surface area contributed by atoms with Gasteiger partial charge in [0.05, 0.1) is 18.8 Å². The van der Waals surface area contributed by atoms with Crippen molar-refractivity contribution in [1.29, 1.82) is 5.41 Å². The van der Waals surface area contributed by atoms with E-state index in [-0.39, 0.29) is 24.9 Å². The van der Waals surface area contributed by atoms with Crippen molar-refractivity contribution in [2.75, 3.05) is 20.3 Å². The summed E-state index contributed by atoms with van der Waals surface area (Å²) in [6, 6.07) is 12.0. The highest BCUT2D eigenvalue weighted by Gasteiger charge is 2.38. The molecule has 2 aromatic carbocycles. The molecule has 186 valence electrons. The van der Waals surface area contributed by atoms with Crippen molar-refractivity contribution in [2.24, 2.45) is 5.92 Å². The molecule has 4 rings (SSSR count). The van der Waals surface area contributed by atoms with Gasteiger partial charge in [0.25, 0.3) is 0 Å². The van der Waals surface area contributed by atoms with Crippen LogP contribution in [0.4, 0.5) is 13.2 Å². The zero-order valence-electron chi connectivity index (χ0n) is 19.5. The summed E-state index contributed by atoms with van der Waals surface area (Å²) in [7, 11) is 1.70. The first kappa shape index (κ1) is 25.1. The van der Waals surface area contributed by atoms with Gasteiger partial charge in [-0.2, -0.15) is 13.2 Å². The molecule has 1 heterocycles. The molecule has 8 heteroatoms. The second kappa shape index (κ2) is 9.95. The van der Waals surface area contributed by atoms with Crippen molar-refractivity contribution in [3.8, 4) is 0 Å². The lowest BCUT2D eigenvalue weighted by Crippen LogP contribution is -2.46. The number of carbonyl (C=O) groups excluding carboxylic acids is 1. The number of hydrogen-bond acceptors (Lipinski definition) is 5. The Hall–Kier alpha value is -2.97. The molecule has 1 saturated carbocycles. The lowest BCUT2D eigenvalue weighted by molar-refractivity contribution is -0.184. The molecule has 0 bridgehead atoms. The van der Waals surface area contributed by atoms with Crippen LogP contribution in [0.3, 0.4) is 0 Å². The van der Waals surface area contributed by atoms with Crippen LogP contribution in [0.1, 0.15) is 59.2 Å². The van der Waals surface area contributed by atoms with Crippen molar-refractivity contribution >= 4 is 17.2 Å². The van der Waals surface area contributed by atoms with Crippen LogP contribution in [0.15, 0.2) is 54.1 Å². The molecule has 0 aromatic heterocycles. The van der Waals surface area contributed by atoms with E-state index in [9.17, 15) is 23.1 Å². The summed E-state index contributed by atoms with van der Waals surface area (Å²) >= 11 is 0. The molecule has 5 nitrogen and oxygen atoms in total. The van der Waals surface area contributed by atoms with Crippen LogP contribution >= 0.6 is 0 Å². The number of allylic oxidation sites excluding steroid dienone is 1. The number of ketones is 1. The largest absolute Gasteiger partial charge is 0.416 e. The molecule has 2 fully saturated rings. The molecule has 1 atom stereocenters. The Morgan fingerprint density at radius 1 is 1.11 bits per heavy atom. The number of hydrogen-bond donors (Lipinski definition) is 3. The Labute approximate surface area is 202 Å². The number of rotatable bonds is 7. The maximum absolute atomic E-state index is 12.9. The number of carbonyl (C=O) groups is 1. The number of aliphatic hydroxyl groups is 1. The molecule has 1 aliphatic heterocycles. The summed E-state index contributed by atoms with van der Waals surface area (Å²) in [5.74, 6) is 0.226. The van der Waals surface area contributed by atoms with Gasteiger partial charge in [0.2, 0.25) is 0 Å². The van der Waals surface area contributed by atoms with Gasteiger partial charge in [0.15, 0.2) is 5.78 Å². The van der Waals surface area contributed by atoms with E-state index < -0.39 is 17.3 Å². The maximum Gasteiger partial charge on any atom is 0.416 e. The summed E-state index contributed by atoms with van der Waals surface area (Å²) < 4.78 is 43.9. The van der Waals surface area contributed by atoms with E-state index in [0.29, 0.717) is 48.2 Å². The van der Waals surface area contributed by atoms with Crippen LogP contribution < -0.4 is 5.32 Å². The molecule has 0 amide bonds. The molecule has 0 spiro atoms. The number of Topliss-reactive ketones (excluding diaryl/α,β-unsaturated/α-hetero) is 1. The Morgan fingerprint density at radius 3 is 2.29 bits per heavy atom. The van der Waals surface area contributed by atoms with Gasteiger partial charge in [-0.3, -0.25) is 4.79 Å². The topological polar surface area (TPSA) is 82.4 Å². The zero-order valence-corrected chi connectivity index (χ0v) is 19.5. The van der Waals surface area contributed by atoms with Crippen molar-refractivity contribution < 1.29 is 27.8 Å². The van der Waals surface area contributed by atoms with Crippen LogP contribution in [0.25, 0.3) is 5.70 Å². The number of benzene rings is 2. The van der Waals surface area contributed by atoms with Crippen LogP contribution in [0.5, 0.6) is 0 Å². The standard InChI is InChI=1S/C27H29F3N2O3/c1-32-25(19-6-10-21(11-7-19)27(28,29)30)22-14-17(2-12-23(22)31)3-13-24(33)18-4-8-20(9-5-18)26(34)15-35-16-26/h4-11,17,31-32,34H,2-3,12-16H2,1H3/b25-22-,31-23?/t17-/m1/s1. The van der Waals surface area contributed by atoms with Crippen LogP contribution in [-0.4, -0.2) is 36.9 Å². The molecular formula is C27H29F3N2O3. The molecule has 0 unspecified atom stereocenters. The van der Waals surface area contributed by atoms with Gasteiger partial charge < -0.3 is 20.6 Å². The van der Waals surface area contributed by atoms with E-state index in [0.717, 1.165) is 29.7 Å². The SMILES string of the molecule is CN/C(=C1/C[C@@H](CCC(=O)c2ccc(C3(O)COC3)cc2)CCC1=N)c1ccc(C(F)(F)F)cc1. The van der Waals surface area contributed by atoms with E-state index in [1.807, 2.05) is 0 Å². The third-order valence-electron chi connectivity index (χ3n) is 6.92. The minimum absolute atomic E-state index is 0.0242. The van der Waals surface area contributed by atoms with Crippen LogP contribution in [-0.2, 0) is 16.5 Å². The van der Waals surface area contributed by atoms with Gasteiger partial charge in [0, 0.05) is 30.4 Å². The lowest BCUT2D eigenvalue weighted by atomic mass is 9.79. The lowest BCUT2D eigenvalue weighted by Gasteiger charge is -2.36. The number of halogens is 3. The van der Waals surface area contributed by atoms with Crippen LogP contribution in [0.2, 0.25) is 0 Å². The fourth-order valence-corrected chi connectivity index (χ4v) is 4.72. The van der Waals surface area contributed by atoms with Crippen molar-refractivity contribution in [1.82, 2.24) is 5.32 Å². The van der Waals surface area contributed by atoms with Gasteiger partial charge in [-0.15, -0.1) is 0 Å². The minimum Gasteiger partial charge on any atom is -0.387 e. The summed E-state index contributed by atoms with van der Waals surface area (Å²) in [4.78, 5) is 12.8. The normalized spacial score (nSPS) is 21.3. The Bertz CT molecular complexity index is 1120. The van der Waals surface area contributed by atoms with Gasteiger partial charge >= 0.3 is 6.18 Å². The summed E-state index contributed by atoms with van der Waals surface area (Å²) in [6.07, 6.45) is -1.41. The van der Waals surface area contributed by atoms with Gasteiger partial charge in [-0.25, -0.2) is 0 Å². The average molecular weight is 487 g/mol. The summed E-state index contributed by atoms with van der Waals surface area (Å²) in [6.45, 7) is 0.516. The average Bonchev–Trinajstić information content (AvgIpc) is 2.83. The predicted molar refractivity (Wildman–Crippen MR) is 127 cm³/mol. The molecule has 2 aliphatic rings. The smallest absolute Gasteiger partial charge is 0.387 e. The van der Waals surface area contributed by atoms with E-state index in [2.05, 4.69) is 5.32 Å². The van der Waals surface area contributed by atoms with Crippen molar-refractivity contribution in [3.05, 3.63) is 76.4 Å². The molecular weight excluding hydrogens is 457 g/mol. The fourth-order valence-electron chi connectivity index (χ4n) is 4.72. The monoisotopic (exact) mass is 486 g/mol. The first-order valence-electron chi connectivity index (χ1n) is 11.7. The van der Waals surface area contributed by atoms with E-state index in [4.69, 9.17) is 10.1 Å². The summed E-state index contributed by atoms with van der Waals surface area (Å²) in [5, 5.41) is 21.8. The molecule has 1 saturated heterocycles. The Kier molecular flexibility index (Phi) is 7.15. The van der Waals surface area contributed by atoms with Gasteiger partial charge in [-0.05, 0) is 60.4 Å². The Balaban J connectivity index is 1.42. The minimum atomic E-state index is -4.40. The van der Waals surface area contributed by atoms with Crippen molar-refractivity contribution in [3.63, 3.8) is 0 Å². The number of ether oxygens (including phenoxy) is 1. The number of alkyl halides is 3. The van der Waals surface area contributed by atoms with Crippen molar-refractivity contribution in [2.45, 2.75) is 43.9 Å². The Morgan fingerprint density at radius 2 is 1.74 bits per heavy atom. The van der Waals surface area contributed by atoms with Gasteiger partial charge in [-0.1, -0.05) is 36.4 Å². The highest BCUT2D eigenvalue weighted by molar-refractivity contribution is 6.04. The van der Waals surface area contributed by atoms with Gasteiger partial charge in [0.1, 0.15) is 5.60 Å². The maximum atomic E-state index is 12.9. The third-order valence-corrected chi connectivity index (χ3v) is 6.92. The van der Waals surface area contributed by atoms with Crippen LogP contribution in [0, 0.1) is 11.3 Å². The first-order chi connectivity index (χ1) is 16.6. The number of nitrogens with one attached hydrogen (secondary N) is 2. The molecule has 35 heavy (non-hydrogen) atoms. The predicted octanol–water partition coefficient (Wildman–Crippen LogP) is 5.34. The quantitative estimate of drug-likeness (QED) is 0.462. The summed E-state index contributed by atoms with van der Waals surface area (Å²) in [5.41, 5.74) is 2.20. The fraction of sp³-hybridized carbons (Fsp3) is 0.407. The third kappa shape index (κ3) is 5.49. The van der Waals surface area contributed by atoms with E-state index in [1.165, 1.54) is 12.1 Å². The highest BCUT2D eigenvalue weighted by atomic mass is 19.4. The molecule has 3 N–H and O–H groups in total.